The number of carbonyl (C=O) groups excluding carboxylic acids is 1. The second-order valence-electron chi connectivity index (χ2n) is 2.69. The Hall–Kier alpha value is -1.59. The van der Waals surface area contributed by atoms with Crippen LogP contribution in [0.25, 0.3) is 0 Å². The van der Waals surface area contributed by atoms with Crippen molar-refractivity contribution < 1.29 is 18.3 Å². The van der Waals surface area contributed by atoms with E-state index in [0.717, 1.165) is 19.3 Å². The van der Waals surface area contributed by atoms with Crippen molar-refractivity contribution in [2.45, 2.75) is 19.5 Å². The zero-order valence-corrected chi connectivity index (χ0v) is 7.41. The molecular weight excluding hydrogens is 194 g/mol. The standard InChI is InChI=1S/C8H8F2N2O2/c1-8(9,10)7-3-11-6(2-12-7)4-14-5-13/h2-3,5H,4H2,1H3. The molecule has 0 saturated heterocycles. The summed E-state index contributed by atoms with van der Waals surface area (Å²) in [5, 5.41) is 0. The van der Waals surface area contributed by atoms with Crippen molar-refractivity contribution in [1.82, 2.24) is 9.97 Å². The summed E-state index contributed by atoms with van der Waals surface area (Å²) in [6, 6.07) is 0. The molecule has 0 bridgehead atoms. The third-order valence-corrected chi connectivity index (χ3v) is 1.45. The fourth-order valence-electron chi connectivity index (χ4n) is 0.775. The van der Waals surface area contributed by atoms with Gasteiger partial charge < -0.3 is 4.74 Å². The van der Waals surface area contributed by atoms with Crippen LogP contribution in [0.4, 0.5) is 8.78 Å². The second kappa shape index (κ2) is 4.08. The molecular formula is C8H8F2N2O2. The van der Waals surface area contributed by atoms with E-state index in [2.05, 4.69) is 14.7 Å². The van der Waals surface area contributed by atoms with Gasteiger partial charge in [0, 0.05) is 6.92 Å². The van der Waals surface area contributed by atoms with Gasteiger partial charge in [-0.1, -0.05) is 0 Å². The minimum atomic E-state index is -3.00. The third kappa shape index (κ3) is 2.72. The van der Waals surface area contributed by atoms with Crippen molar-refractivity contribution in [2.75, 3.05) is 0 Å². The molecule has 1 aromatic heterocycles. The quantitative estimate of drug-likeness (QED) is 0.689. The first-order valence-electron chi connectivity index (χ1n) is 3.78. The predicted octanol–water partition coefficient (Wildman–Crippen LogP) is 1.26. The molecule has 1 aromatic rings. The molecule has 0 aliphatic carbocycles. The normalized spacial score (nSPS) is 11.1. The molecule has 0 aromatic carbocycles. The van der Waals surface area contributed by atoms with Crippen LogP contribution in [-0.4, -0.2) is 16.4 Å². The number of halogens is 2. The van der Waals surface area contributed by atoms with E-state index < -0.39 is 11.6 Å². The molecule has 4 nitrogen and oxygen atoms in total. The van der Waals surface area contributed by atoms with Crippen LogP contribution in [0.2, 0.25) is 0 Å². The number of rotatable bonds is 4. The Morgan fingerprint density at radius 3 is 2.64 bits per heavy atom. The van der Waals surface area contributed by atoms with Gasteiger partial charge in [-0.05, 0) is 0 Å². The molecule has 0 amide bonds. The molecule has 0 spiro atoms. The van der Waals surface area contributed by atoms with Gasteiger partial charge in [-0.15, -0.1) is 0 Å². The Morgan fingerprint density at radius 1 is 1.50 bits per heavy atom. The average Bonchev–Trinajstić information content (AvgIpc) is 2.14. The van der Waals surface area contributed by atoms with E-state index in [-0.39, 0.29) is 13.1 Å². The van der Waals surface area contributed by atoms with Gasteiger partial charge in [-0.2, -0.15) is 8.78 Å². The van der Waals surface area contributed by atoms with Crippen molar-refractivity contribution in [3.8, 4) is 0 Å². The van der Waals surface area contributed by atoms with Crippen molar-refractivity contribution in [3.63, 3.8) is 0 Å². The first-order valence-corrected chi connectivity index (χ1v) is 3.78. The first kappa shape index (κ1) is 10.5. The van der Waals surface area contributed by atoms with E-state index in [1.54, 1.807) is 0 Å². The van der Waals surface area contributed by atoms with Gasteiger partial charge in [-0.3, -0.25) is 14.8 Å². The number of aromatic nitrogens is 2. The molecule has 0 radical (unpaired) electrons. The number of nitrogens with zero attached hydrogens (tertiary/aromatic N) is 2. The lowest BCUT2D eigenvalue weighted by atomic mass is 10.3. The van der Waals surface area contributed by atoms with E-state index in [1.165, 1.54) is 0 Å². The molecule has 0 N–H and O–H groups in total. The van der Waals surface area contributed by atoms with Crippen molar-refractivity contribution >= 4 is 6.47 Å². The highest BCUT2D eigenvalue weighted by atomic mass is 19.3. The second-order valence-corrected chi connectivity index (χ2v) is 2.69. The molecule has 14 heavy (non-hydrogen) atoms. The summed E-state index contributed by atoms with van der Waals surface area (Å²) in [5.74, 6) is -3.00. The number of hydrogen-bond acceptors (Lipinski definition) is 4. The Kier molecular flexibility index (Phi) is 3.06. The highest BCUT2D eigenvalue weighted by molar-refractivity contribution is 5.37. The van der Waals surface area contributed by atoms with E-state index in [9.17, 15) is 13.6 Å². The summed E-state index contributed by atoms with van der Waals surface area (Å²) >= 11 is 0. The topological polar surface area (TPSA) is 52.1 Å². The van der Waals surface area contributed by atoms with Crippen LogP contribution in [0.1, 0.15) is 18.3 Å². The fourth-order valence-corrected chi connectivity index (χ4v) is 0.775. The number of carbonyl (C=O) groups is 1. The van der Waals surface area contributed by atoms with Crippen LogP contribution in [0, 0.1) is 0 Å². The smallest absolute Gasteiger partial charge is 0.293 e. The average molecular weight is 202 g/mol. The Balaban J connectivity index is 2.73. The Labute approximate surface area is 78.9 Å². The zero-order valence-electron chi connectivity index (χ0n) is 7.41. The van der Waals surface area contributed by atoms with E-state index >= 15 is 0 Å². The Bertz CT molecular complexity index is 308. The van der Waals surface area contributed by atoms with Crippen molar-refractivity contribution in [3.05, 3.63) is 23.8 Å². The van der Waals surface area contributed by atoms with Crippen LogP contribution < -0.4 is 0 Å². The van der Waals surface area contributed by atoms with Crippen molar-refractivity contribution in [1.29, 1.82) is 0 Å². The summed E-state index contributed by atoms with van der Waals surface area (Å²) in [6.07, 6.45) is 2.11. The monoisotopic (exact) mass is 202 g/mol. The summed E-state index contributed by atoms with van der Waals surface area (Å²) in [6.45, 7) is 0.925. The predicted molar refractivity (Wildman–Crippen MR) is 42.5 cm³/mol. The van der Waals surface area contributed by atoms with Gasteiger partial charge in [0.05, 0.1) is 18.1 Å². The molecule has 1 rings (SSSR count). The maximum absolute atomic E-state index is 12.6. The van der Waals surface area contributed by atoms with Gasteiger partial charge in [-0.25, -0.2) is 0 Å². The minimum Gasteiger partial charge on any atom is -0.461 e. The van der Waals surface area contributed by atoms with Crippen LogP contribution in [-0.2, 0) is 22.1 Å². The third-order valence-electron chi connectivity index (χ3n) is 1.45. The van der Waals surface area contributed by atoms with Gasteiger partial charge in [0.2, 0.25) is 0 Å². The molecule has 6 heteroatoms. The lowest BCUT2D eigenvalue weighted by Gasteiger charge is -2.08. The maximum Gasteiger partial charge on any atom is 0.293 e. The molecule has 0 aliphatic heterocycles. The van der Waals surface area contributed by atoms with Crippen LogP contribution in [0.5, 0.6) is 0 Å². The molecule has 0 atom stereocenters. The highest BCUT2D eigenvalue weighted by Crippen LogP contribution is 2.23. The molecule has 76 valence electrons. The highest BCUT2D eigenvalue weighted by Gasteiger charge is 2.26. The van der Waals surface area contributed by atoms with Gasteiger partial charge >= 0.3 is 0 Å². The summed E-state index contributed by atoms with van der Waals surface area (Å²) in [5.41, 5.74) is -0.0857. The summed E-state index contributed by atoms with van der Waals surface area (Å²) < 4.78 is 29.7. The summed E-state index contributed by atoms with van der Waals surface area (Å²) in [7, 11) is 0. The molecule has 0 unspecified atom stereocenters. The van der Waals surface area contributed by atoms with E-state index in [0.29, 0.717) is 5.69 Å². The molecule has 1 heterocycles. The molecule has 0 fully saturated rings. The maximum atomic E-state index is 12.6. The van der Waals surface area contributed by atoms with Gasteiger partial charge in [0.25, 0.3) is 12.4 Å². The van der Waals surface area contributed by atoms with E-state index in [4.69, 9.17) is 0 Å². The number of ether oxygens (including phenoxy) is 1. The number of alkyl halides is 2. The van der Waals surface area contributed by atoms with Gasteiger partial charge in [0.1, 0.15) is 12.3 Å². The van der Waals surface area contributed by atoms with Crippen LogP contribution in [0.15, 0.2) is 12.4 Å². The zero-order chi connectivity index (χ0) is 10.6. The van der Waals surface area contributed by atoms with Crippen LogP contribution >= 0.6 is 0 Å². The lowest BCUT2D eigenvalue weighted by Crippen LogP contribution is -2.11. The van der Waals surface area contributed by atoms with E-state index in [1.807, 2.05) is 0 Å². The minimum absolute atomic E-state index is 0.0634. The Morgan fingerprint density at radius 2 is 2.21 bits per heavy atom. The number of hydrogen-bond donors (Lipinski definition) is 0. The largest absolute Gasteiger partial charge is 0.461 e. The SMILES string of the molecule is CC(F)(F)c1cnc(COC=O)cn1. The fraction of sp³-hybridized carbons (Fsp3) is 0.375. The molecule has 0 aliphatic rings. The molecule has 0 saturated carbocycles. The van der Waals surface area contributed by atoms with Crippen molar-refractivity contribution in [2.24, 2.45) is 0 Å². The lowest BCUT2D eigenvalue weighted by molar-refractivity contribution is -0.129. The first-order chi connectivity index (χ1) is 6.54. The van der Waals surface area contributed by atoms with Crippen LogP contribution in [0.3, 0.4) is 0 Å². The van der Waals surface area contributed by atoms with Gasteiger partial charge in [0.15, 0.2) is 0 Å². The summed E-state index contributed by atoms with van der Waals surface area (Å²) in [4.78, 5) is 17.0.